The van der Waals surface area contributed by atoms with Crippen LogP contribution in [0.5, 0.6) is 0 Å². The molecule has 3 aromatic rings. The van der Waals surface area contributed by atoms with Gasteiger partial charge in [-0.3, -0.25) is 13.9 Å². The monoisotopic (exact) mass is 567 g/mol. The number of aryl methyl sites for hydroxylation is 1. The number of rotatable bonds is 14. The summed E-state index contributed by atoms with van der Waals surface area (Å²) in [6, 6.07) is 21.9. The summed E-state index contributed by atoms with van der Waals surface area (Å²) >= 11 is 0. The number of nitrogens with zero attached hydrogens (tertiary/aromatic N) is 2. The van der Waals surface area contributed by atoms with Crippen molar-refractivity contribution in [2.75, 3.05) is 23.7 Å². The number of carbonyl (C=O) groups is 2. The Hall–Kier alpha value is -3.72. The molecule has 0 spiro atoms. The minimum absolute atomic E-state index is 0.0152. The molecule has 40 heavy (non-hydrogen) atoms. The first-order chi connectivity index (χ1) is 19.1. The molecule has 214 valence electrons. The Morgan fingerprint density at radius 2 is 1.60 bits per heavy atom. The summed E-state index contributed by atoms with van der Waals surface area (Å²) in [6.45, 7) is 4.23. The summed E-state index contributed by atoms with van der Waals surface area (Å²) in [6.07, 6.45) is 2.33. The number of benzene rings is 3. The predicted molar refractivity (Wildman–Crippen MR) is 157 cm³/mol. The van der Waals surface area contributed by atoms with Crippen molar-refractivity contribution in [1.29, 1.82) is 0 Å². The van der Waals surface area contributed by atoms with Gasteiger partial charge in [0, 0.05) is 38.0 Å². The number of para-hydroxylation sites is 1. The van der Waals surface area contributed by atoms with Crippen molar-refractivity contribution in [1.82, 2.24) is 10.2 Å². The highest BCUT2D eigenvalue weighted by molar-refractivity contribution is 7.92. The van der Waals surface area contributed by atoms with Gasteiger partial charge >= 0.3 is 0 Å². The molecule has 0 saturated heterocycles. The average molecular weight is 568 g/mol. The molecule has 0 aliphatic carbocycles. The molecule has 0 radical (unpaired) electrons. The van der Waals surface area contributed by atoms with Gasteiger partial charge in [0.1, 0.15) is 11.9 Å². The molecule has 0 aliphatic rings. The van der Waals surface area contributed by atoms with E-state index in [4.69, 9.17) is 0 Å². The zero-order chi connectivity index (χ0) is 29.1. The number of halogens is 1. The predicted octanol–water partition coefficient (Wildman–Crippen LogP) is 4.85. The molecule has 0 aromatic heterocycles. The van der Waals surface area contributed by atoms with E-state index in [1.165, 1.54) is 15.3 Å². The van der Waals surface area contributed by atoms with E-state index in [-0.39, 0.29) is 44.2 Å². The average Bonchev–Trinajstić information content (AvgIpc) is 2.93. The fourth-order valence-electron chi connectivity index (χ4n) is 4.56. The largest absolute Gasteiger partial charge is 0.354 e. The number of sulfonamides is 1. The highest BCUT2D eigenvalue weighted by Gasteiger charge is 2.31. The number of hydrogen-bond donors (Lipinski definition) is 1. The summed E-state index contributed by atoms with van der Waals surface area (Å²) in [5.41, 5.74) is 2.53. The molecular formula is C31H38FN3O4S. The van der Waals surface area contributed by atoms with Crippen LogP contribution in [0.1, 0.15) is 42.9 Å². The number of carbonyl (C=O) groups excluding carboxylic acids is 2. The molecule has 9 heteroatoms. The van der Waals surface area contributed by atoms with Crippen molar-refractivity contribution in [2.45, 2.75) is 52.1 Å². The Balaban J connectivity index is 1.89. The third-order valence-electron chi connectivity index (χ3n) is 6.66. The zero-order valence-electron chi connectivity index (χ0n) is 23.3. The Bertz CT molecular complexity index is 1380. The van der Waals surface area contributed by atoms with Gasteiger partial charge in [0.2, 0.25) is 21.8 Å². The van der Waals surface area contributed by atoms with Gasteiger partial charge in [-0.25, -0.2) is 12.8 Å². The van der Waals surface area contributed by atoms with Crippen LogP contribution in [0.3, 0.4) is 0 Å². The third-order valence-corrected chi connectivity index (χ3v) is 7.84. The molecule has 3 aromatic carbocycles. The summed E-state index contributed by atoms with van der Waals surface area (Å²) in [7, 11) is -3.60. The topological polar surface area (TPSA) is 86.8 Å². The molecule has 0 bridgehead atoms. The van der Waals surface area contributed by atoms with Gasteiger partial charge in [-0.15, -0.1) is 0 Å². The number of amides is 2. The van der Waals surface area contributed by atoms with Crippen molar-refractivity contribution >= 4 is 27.5 Å². The smallest absolute Gasteiger partial charge is 0.243 e. The van der Waals surface area contributed by atoms with Crippen LogP contribution in [0.15, 0.2) is 78.9 Å². The highest BCUT2D eigenvalue weighted by atomic mass is 32.2. The molecule has 2 amide bonds. The molecular weight excluding hydrogens is 529 g/mol. The summed E-state index contributed by atoms with van der Waals surface area (Å²) in [5.74, 6) is -1.13. The lowest BCUT2D eigenvalue weighted by Gasteiger charge is -2.32. The molecule has 0 heterocycles. The van der Waals surface area contributed by atoms with E-state index in [1.54, 1.807) is 30.3 Å². The molecule has 1 N–H and O–H groups in total. The second-order valence-electron chi connectivity index (χ2n) is 9.83. The quantitative estimate of drug-likeness (QED) is 0.302. The van der Waals surface area contributed by atoms with Gasteiger partial charge in [-0.2, -0.15) is 0 Å². The maximum atomic E-state index is 14.7. The van der Waals surface area contributed by atoms with Crippen molar-refractivity contribution in [2.24, 2.45) is 0 Å². The van der Waals surface area contributed by atoms with E-state index in [2.05, 4.69) is 5.32 Å². The van der Waals surface area contributed by atoms with Crippen LogP contribution in [0.25, 0.3) is 0 Å². The molecule has 7 nitrogen and oxygen atoms in total. The van der Waals surface area contributed by atoms with E-state index in [1.807, 2.05) is 56.3 Å². The van der Waals surface area contributed by atoms with Gasteiger partial charge in [0.05, 0.1) is 11.9 Å². The third kappa shape index (κ3) is 8.64. The molecule has 0 saturated carbocycles. The van der Waals surface area contributed by atoms with Gasteiger partial charge in [-0.05, 0) is 43.0 Å². The van der Waals surface area contributed by atoms with Crippen molar-refractivity contribution in [3.8, 4) is 0 Å². The lowest BCUT2D eigenvalue weighted by atomic mass is 10.0. The molecule has 1 atom stereocenters. The van der Waals surface area contributed by atoms with Crippen molar-refractivity contribution in [3.63, 3.8) is 0 Å². The van der Waals surface area contributed by atoms with E-state index >= 15 is 0 Å². The minimum Gasteiger partial charge on any atom is -0.354 e. The summed E-state index contributed by atoms with van der Waals surface area (Å²) in [5, 5.41) is 2.90. The number of hydrogen-bond acceptors (Lipinski definition) is 4. The molecule has 3 rings (SSSR count). The van der Waals surface area contributed by atoms with E-state index in [9.17, 15) is 22.4 Å². The molecule has 0 fully saturated rings. The van der Waals surface area contributed by atoms with Crippen molar-refractivity contribution < 1.29 is 22.4 Å². The number of nitrogens with one attached hydrogen (secondary N) is 1. The Labute approximate surface area is 237 Å². The van der Waals surface area contributed by atoms with E-state index in [0.717, 1.165) is 23.8 Å². The SMILES string of the molecule is CCCNC(=O)[C@H](Cc1ccccc1)N(Cc1ccccc1F)C(=O)CCCN(c1ccccc1C)S(C)(=O)=O. The fraction of sp³-hybridized carbons (Fsp3) is 0.355. The minimum atomic E-state index is -3.60. The van der Waals surface area contributed by atoms with Crippen LogP contribution in [0.4, 0.5) is 10.1 Å². The van der Waals surface area contributed by atoms with Crippen LogP contribution in [0, 0.1) is 12.7 Å². The molecule has 0 aliphatic heterocycles. The van der Waals surface area contributed by atoms with Gasteiger partial charge in [0.25, 0.3) is 0 Å². The van der Waals surface area contributed by atoms with E-state index in [0.29, 0.717) is 17.8 Å². The zero-order valence-corrected chi connectivity index (χ0v) is 24.2. The Morgan fingerprint density at radius 1 is 0.950 bits per heavy atom. The van der Waals surface area contributed by atoms with Crippen LogP contribution >= 0.6 is 0 Å². The second kappa shape index (κ2) is 14.6. The first kappa shape index (κ1) is 30.8. The van der Waals surface area contributed by atoms with Crippen LogP contribution in [0.2, 0.25) is 0 Å². The fourth-order valence-corrected chi connectivity index (χ4v) is 5.58. The van der Waals surface area contributed by atoms with Gasteiger partial charge in [0.15, 0.2) is 0 Å². The standard InChI is InChI=1S/C31H38FN3O4S/c1-4-20-33-31(37)29(22-25-14-6-5-7-15-25)34(23-26-16-9-10-17-27(26)32)30(36)19-12-21-35(40(3,38)39)28-18-11-8-13-24(28)2/h5-11,13-18,29H,4,12,19-23H2,1-3H3,(H,33,37)/t29-/m0/s1. The highest BCUT2D eigenvalue weighted by Crippen LogP contribution is 2.23. The normalized spacial score (nSPS) is 12.0. The Morgan fingerprint density at radius 3 is 2.25 bits per heavy atom. The first-order valence-electron chi connectivity index (χ1n) is 13.5. The maximum Gasteiger partial charge on any atom is 0.243 e. The van der Waals surface area contributed by atoms with Crippen molar-refractivity contribution in [3.05, 3.63) is 101 Å². The first-order valence-corrected chi connectivity index (χ1v) is 15.3. The van der Waals surface area contributed by atoms with Crippen LogP contribution in [-0.2, 0) is 32.6 Å². The maximum absolute atomic E-state index is 14.7. The summed E-state index contributed by atoms with van der Waals surface area (Å²) in [4.78, 5) is 28.6. The number of anilines is 1. The van der Waals surface area contributed by atoms with E-state index < -0.39 is 21.9 Å². The molecule has 0 unspecified atom stereocenters. The van der Waals surface area contributed by atoms with Crippen LogP contribution < -0.4 is 9.62 Å². The lowest BCUT2D eigenvalue weighted by Crippen LogP contribution is -2.50. The second-order valence-corrected chi connectivity index (χ2v) is 11.7. The van der Waals surface area contributed by atoms with Gasteiger partial charge in [-0.1, -0.05) is 73.7 Å². The van der Waals surface area contributed by atoms with Crippen LogP contribution in [-0.4, -0.2) is 50.5 Å². The lowest BCUT2D eigenvalue weighted by molar-refractivity contribution is -0.141. The Kier molecular flexibility index (Phi) is 11.3. The van der Waals surface area contributed by atoms with Gasteiger partial charge < -0.3 is 10.2 Å². The summed E-state index contributed by atoms with van der Waals surface area (Å²) < 4.78 is 41.2.